The van der Waals surface area contributed by atoms with Crippen molar-refractivity contribution in [2.45, 2.75) is 28.5 Å². The average molecular weight is 552 g/mol. The fourth-order valence-corrected chi connectivity index (χ4v) is 6.67. The first-order valence-corrected chi connectivity index (χ1v) is 14.4. The number of rotatable bonds is 8. The number of thioether (sulfide) groups is 1. The average Bonchev–Trinajstić information content (AvgIpc) is 3.30. The molecule has 1 aliphatic rings. The van der Waals surface area contributed by atoms with Crippen molar-refractivity contribution in [1.82, 2.24) is 14.5 Å². The first-order valence-electron chi connectivity index (χ1n) is 10.7. The van der Waals surface area contributed by atoms with Gasteiger partial charge in [-0.3, -0.25) is 14.9 Å². The van der Waals surface area contributed by atoms with Crippen LogP contribution in [0.3, 0.4) is 0 Å². The molecular weight excluding hydrogens is 530 g/mol. The van der Waals surface area contributed by atoms with Gasteiger partial charge in [-0.1, -0.05) is 47.2 Å². The second kappa shape index (κ2) is 11.5. The summed E-state index contributed by atoms with van der Waals surface area (Å²) < 4.78 is 27.5. The van der Waals surface area contributed by atoms with Crippen LogP contribution in [0.1, 0.15) is 29.6 Å². The van der Waals surface area contributed by atoms with Crippen molar-refractivity contribution < 1.29 is 18.0 Å². The van der Waals surface area contributed by atoms with Crippen LogP contribution in [-0.2, 0) is 14.8 Å². The summed E-state index contributed by atoms with van der Waals surface area (Å²) in [6.45, 7) is 1.04. The second-order valence-electron chi connectivity index (χ2n) is 7.66. The highest BCUT2D eigenvalue weighted by molar-refractivity contribution is 8.01. The van der Waals surface area contributed by atoms with Gasteiger partial charge in [0.2, 0.25) is 21.1 Å². The molecule has 0 saturated carbocycles. The lowest BCUT2D eigenvalue weighted by Gasteiger charge is -2.25. The van der Waals surface area contributed by atoms with Gasteiger partial charge in [-0.05, 0) is 55.3 Å². The van der Waals surface area contributed by atoms with Crippen molar-refractivity contribution >= 4 is 67.4 Å². The Labute approximate surface area is 216 Å². The maximum atomic E-state index is 12.8. The highest BCUT2D eigenvalue weighted by Gasteiger charge is 2.26. The summed E-state index contributed by atoms with van der Waals surface area (Å²) >= 11 is 8.24. The third-order valence-electron chi connectivity index (χ3n) is 5.13. The van der Waals surface area contributed by atoms with E-state index in [2.05, 4.69) is 20.8 Å². The van der Waals surface area contributed by atoms with Gasteiger partial charge in [0.1, 0.15) is 0 Å². The number of halogens is 1. The molecule has 1 fully saturated rings. The number of anilines is 2. The number of hydrogen-bond acceptors (Lipinski definition) is 8. The van der Waals surface area contributed by atoms with Crippen molar-refractivity contribution in [1.29, 1.82) is 0 Å². The normalized spacial score (nSPS) is 14.4. The highest BCUT2D eigenvalue weighted by atomic mass is 35.5. The molecule has 184 valence electrons. The van der Waals surface area contributed by atoms with Crippen LogP contribution in [0.15, 0.2) is 57.8 Å². The number of hydrogen-bond donors (Lipinski definition) is 2. The molecule has 2 heterocycles. The Morgan fingerprint density at radius 2 is 1.77 bits per heavy atom. The van der Waals surface area contributed by atoms with E-state index in [9.17, 15) is 18.0 Å². The molecule has 9 nitrogen and oxygen atoms in total. The number of sulfonamides is 1. The van der Waals surface area contributed by atoms with Crippen molar-refractivity contribution in [3.63, 3.8) is 0 Å². The summed E-state index contributed by atoms with van der Waals surface area (Å²) in [5.41, 5.74) is 0.899. The first kappa shape index (κ1) is 25.6. The van der Waals surface area contributed by atoms with E-state index in [-0.39, 0.29) is 21.7 Å². The summed E-state index contributed by atoms with van der Waals surface area (Å²) in [4.78, 5) is 24.9. The Morgan fingerprint density at radius 1 is 1.03 bits per heavy atom. The van der Waals surface area contributed by atoms with E-state index in [0.29, 0.717) is 33.7 Å². The number of nitrogens with zero attached hydrogens (tertiary/aromatic N) is 3. The van der Waals surface area contributed by atoms with E-state index in [0.717, 1.165) is 30.6 Å². The number of piperidine rings is 1. The van der Waals surface area contributed by atoms with Gasteiger partial charge in [-0.2, -0.15) is 4.31 Å². The number of aromatic nitrogens is 2. The minimum Gasteiger partial charge on any atom is -0.325 e. The van der Waals surface area contributed by atoms with Crippen LogP contribution in [0.5, 0.6) is 0 Å². The van der Waals surface area contributed by atoms with Gasteiger partial charge in [0.15, 0.2) is 4.34 Å². The fourth-order valence-electron chi connectivity index (χ4n) is 3.41. The Hall–Kier alpha value is -2.51. The molecule has 2 amide bonds. The van der Waals surface area contributed by atoms with Crippen molar-refractivity contribution in [2.75, 3.05) is 29.5 Å². The maximum absolute atomic E-state index is 12.8. The monoisotopic (exact) mass is 551 g/mol. The van der Waals surface area contributed by atoms with E-state index >= 15 is 0 Å². The Bertz CT molecular complexity index is 1310. The zero-order valence-electron chi connectivity index (χ0n) is 18.4. The number of benzene rings is 2. The van der Waals surface area contributed by atoms with Crippen LogP contribution < -0.4 is 10.6 Å². The van der Waals surface area contributed by atoms with Crippen molar-refractivity contribution in [3.8, 4) is 0 Å². The summed E-state index contributed by atoms with van der Waals surface area (Å²) in [5.74, 6) is -0.543. The van der Waals surface area contributed by atoms with E-state index < -0.39 is 15.9 Å². The summed E-state index contributed by atoms with van der Waals surface area (Å²) in [5, 5.41) is 14.1. The predicted molar refractivity (Wildman–Crippen MR) is 138 cm³/mol. The predicted octanol–water partition coefficient (Wildman–Crippen LogP) is 4.35. The van der Waals surface area contributed by atoms with Gasteiger partial charge >= 0.3 is 0 Å². The molecule has 0 radical (unpaired) electrons. The van der Waals surface area contributed by atoms with Crippen LogP contribution in [0.2, 0.25) is 5.02 Å². The van der Waals surface area contributed by atoms with Gasteiger partial charge in [0, 0.05) is 29.4 Å². The molecule has 13 heteroatoms. The van der Waals surface area contributed by atoms with Crippen LogP contribution >= 0.6 is 34.7 Å². The fraction of sp³-hybridized carbons (Fsp3) is 0.273. The smallest absolute Gasteiger partial charge is 0.257 e. The van der Waals surface area contributed by atoms with E-state index in [4.69, 9.17) is 11.6 Å². The number of nitrogens with one attached hydrogen (secondary N) is 2. The lowest BCUT2D eigenvalue weighted by Crippen LogP contribution is -2.35. The molecule has 1 aromatic heterocycles. The maximum Gasteiger partial charge on any atom is 0.257 e. The summed E-state index contributed by atoms with van der Waals surface area (Å²) in [6.07, 6.45) is 2.75. The first-order chi connectivity index (χ1) is 16.8. The second-order valence-corrected chi connectivity index (χ2v) is 12.2. The van der Waals surface area contributed by atoms with E-state index in [1.165, 1.54) is 40.3 Å². The third-order valence-corrected chi connectivity index (χ3v) is 9.25. The Kier molecular flexibility index (Phi) is 8.39. The molecule has 35 heavy (non-hydrogen) atoms. The molecule has 2 N–H and O–H groups in total. The lowest BCUT2D eigenvalue weighted by atomic mass is 10.2. The highest BCUT2D eigenvalue weighted by Crippen LogP contribution is 2.26. The number of carbonyl (C=O) groups excluding carboxylic acids is 2. The Morgan fingerprint density at radius 3 is 2.49 bits per heavy atom. The molecule has 0 bridgehead atoms. The molecule has 4 rings (SSSR count). The van der Waals surface area contributed by atoms with Crippen LogP contribution in [-0.4, -0.2) is 53.6 Å². The zero-order chi connectivity index (χ0) is 24.8. The molecule has 0 aliphatic carbocycles. The van der Waals surface area contributed by atoms with E-state index in [1.807, 2.05) is 0 Å². The molecule has 1 saturated heterocycles. The van der Waals surface area contributed by atoms with Crippen LogP contribution in [0.4, 0.5) is 10.8 Å². The Balaban J connectivity index is 1.30. The van der Waals surface area contributed by atoms with Crippen LogP contribution in [0.25, 0.3) is 0 Å². The number of carbonyl (C=O) groups is 2. The molecule has 1 aliphatic heterocycles. The topological polar surface area (TPSA) is 121 Å². The van der Waals surface area contributed by atoms with Gasteiger partial charge in [-0.15, -0.1) is 10.2 Å². The van der Waals surface area contributed by atoms with Gasteiger partial charge < -0.3 is 5.32 Å². The molecule has 0 spiro atoms. The molecule has 2 aromatic carbocycles. The lowest BCUT2D eigenvalue weighted by molar-refractivity contribution is -0.113. The molecular formula is C22H22ClN5O4S3. The third kappa shape index (κ3) is 6.79. The zero-order valence-corrected chi connectivity index (χ0v) is 21.6. The largest absolute Gasteiger partial charge is 0.325 e. The SMILES string of the molecule is O=C(CSc1nnc(NC(=O)c2ccc(S(=O)(=O)N3CCCCC3)cc2)s1)Nc1cccc(Cl)c1. The van der Waals surface area contributed by atoms with E-state index in [1.54, 1.807) is 24.3 Å². The minimum atomic E-state index is -3.56. The molecule has 3 aromatic rings. The van der Waals surface area contributed by atoms with Crippen molar-refractivity contribution in [3.05, 3.63) is 59.1 Å². The number of amides is 2. The standard InChI is InChI=1S/C22H22ClN5O4S3/c23-16-5-4-6-17(13-16)24-19(29)14-33-22-27-26-21(34-22)25-20(30)15-7-9-18(10-8-15)35(31,32)28-11-2-1-3-12-28/h4-10,13H,1-3,11-12,14H2,(H,24,29)(H,25,26,30). The summed E-state index contributed by atoms with van der Waals surface area (Å²) in [7, 11) is -3.56. The molecule has 0 atom stereocenters. The van der Waals surface area contributed by atoms with Gasteiger partial charge in [0.05, 0.1) is 10.6 Å². The van der Waals surface area contributed by atoms with Gasteiger partial charge in [-0.25, -0.2) is 8.42 Å². The molecule has 0 unspecified atom stereocenters. The quantitative estimate of drug-likeness (QED) is 0.315. The van der Waals surface area contributed by atoms with Crippen molar-refractivity contribution in [2.24, 2.45) is 0 Å². The minimum absolute atomic E-state index is 0.113. The van der Waals surface area contributed by atoms with Crippen LogP contribution in [0, 0.1) is 0 Å². The van der Waals surface area contributed by atoms with Gasteiger partial charge in [0.25, 0.3) is 5.91 Å². The summed E-state index contributed by atoms with van der Waals surface area (Å²) in [6, 6.07) is 12.7.